The smallest absolute Gasteiger partial charge is 0.211 e. The molecule has 0 unspecified atom stereocenters. The van der Waals surface area contributed by atoms with Crippen LogP contribution >= 0.6 is 0 Å². The lowest BCUT2D eigenvalue weighted by Crippen LogP contribution is -2.35. The van der Waals surface area contributed by atoms with Crippen molar-refractivity contribution in [2.24, 2.45) is 4.99 Å². The molecule has 0 spiro atoms. The maximum absolute atomic E-state index is 12.3. The van der Waals surface area contributed by atoms with Crippen molar-refractivity contribution in [1.29, 1.82) is 0 Å². The molecule has 18 heavy (non-hydrogen) atoms. The average Bonchev–Trinajstić information content (AvgIpc) is 2.40. The summed E-state index contributed by atoms with van der Waals surface area (Å²) in [5.41, 5.74) is 0.308. The van der Waals surface area contributed by atoms with Crippen molar-refractivity contribution >= 4 is 21.8 Å². The van der Waals surface area contributed by atoms with E-state index >= 15 is 0 Å². The maximum atomic E-state index is 12.3. The van der Waals surface area contributed by atoms with Gasteiger partial charge in [0.25, 0.3) is 0 Å². The third-order valence-corrected chi connectivity index (χ3v) is 4.84. The lowest BCUT2D eigenvalue weighted by molar-refractivity contribution is 0.346. The van der Waals surface area contributed by atoms with E-state index in [-0.39, 0.29) is 4.90 Å². The Labute approximate surface area is 106 Å². The Hall–Kier alpha value is -1.49. The average molecular weight is 266 g/mol. The van der Waals surface area contributed by atoms with Gasteiger partial charge in [-0.1, -0.05) is 12.5 Å². The molecule has 1 fully saturated rings. The van der Waals surface area contributed by atoms with E-state index in [0.29, 0.717) is 18.8 Å². The summed E-state index contributed by atoms with van der Waals surface area (Å²) in [4.78, 5) is 13.8. The standard InChI is InChI=1S/C12H14N2O3S/c15-10-13-11-5-4-6-12(9-11)18(16,17)14-7-2-1-3-8-14/h4-6,9H,1-3,7-8H2. The molecular formula is C12H14N2O3S. The topological polar surface area (TPSA) is 66.8 Å². The molecule has 5 nitrogen and oxygen atoms in total. The fourth-order valence-electron chi connectivity index (χ4n) is 2.02. The summed E-state index contributed by atoms with van der Waals surface area (Å²) in [6.45, 7) is 1.12. The quantitative estimate of drug-likeness (QED) is 0.619. The second-order valence-electron chi connectivity index (χ2n) is 4.17. The molecule has 1 saturated heterocycles. The van der Waals surface area contributed by atoms with E-state index < -0.39 is 10.0 Å². The summed E-state index contributed by atoms with van der Waals surface area (Å²) in [6.07, 6.45) is 4.27. The summed E-state index contributed by atoms with van der Waals surface area (Å²) in [6, 6.07) is 6.07. The summed E-state index contributed by atoms with van der Waals surface area (Å²) in [5.74, 6) is 0. The van der Waals surface area contributed by atoms with Crippen LogP contribution in [0.5, 0.6) is 0 Å². The predicted octanol–water partition coefficient (Wildman–Crippen LogP) is 1.83. The number of hydrogen-bond donors (Lipinski definition) is 0. The number of aliphatic imine (C=N–C) groups is 1. The van der Waals surface area contributed by atoms with Gasteiger partial charge in [-0.15, -0.1) is 0 Å². The summed E-state index contributed by atoms with van der Waals surface area (Å²) >= 11 is 0. The lowest BCUT2D eigenvalue weighted by atomic mass is 10.2. The van der Waals surface area contributed by atoms with E-state index in [4.69, 9.17) is 0 Å². The van der Waals surface area contributed by atoms with Crippen molar-refractivity contribution in [2.75, 3.05) is 13.1 Å². The molecular weight excluding hydrogens is 252 g/mol. The molecule has 0 N–H and O–H groups in total. The lowest BCUT2D eigenvalue weighted by Gasteiger charge is -2.25. The first-order chi connectivity index (χ1) is 8.64. The molecule has 96 valence electrons. The highest BCUT2D eigenvalue weighted by molar-refractivity contribution is 7.89. The van der Waals surface area contributed by atoms with Crippen molar-refractivity contribution in [3.63, 3.8) is 0 Å². The number of benzene rings is 1. The van der Waals surface area contributed by atoms with Gasteiger partial charge in [0.15, 0.2) is 0 Å². The number of isocyanates is 1. The van der Waals surface area contributed by atoms with Gasteiger partial charge in [-0.05, 0) is 31.0 Å². The zero-order chi connectivity index (χ0) is 13.0. The summed E-state index contributed by atoms with van der Waals surface area (Å²) in [7, 11) is -3.46. The van der Waals surface area contributed by atoms with Crippen LogP contribution in [0.4, 0.5) is 5.69 Å². The number of rotatable bonds is 3. The molecule has 2 rings (SSSR count). The molecule has 0 aromatic heterocycles. The summed E-state index contributed by atoms with van der Waals surface area (Å²) in [5, 5.41) is 0. The van der Waals surface area contributed by atoms with Gasteiger partial charge in [-0.2, -0.15) is 9.30 Å². The minimum atomic E-state index is -3.46. The van der Waals surface area contributed by atoms with Gasteiger partial charge in [-0.25, -0.2) is 13.2 Å². The largest absolute Gasteiger partial charge is 0.243 e. The van der Waals surface area contributed by atoms with Crippen LogP contribution in [0, 0.1) is 0 Å². The molecule has 1 aliphatic rings. The Balaban J connectivity index is 2.34. The Bertz CT molecular complexity index is 571. The van der Waals surface area contributed by atoms with Crippen LogP contribution in [-0.2, 0) is 14.8 Å². The van der Waals surface area contributed by atoms with Crippen LogP contribution in [0.3, 0.4) is 0 Å². The third-order valence-electron chi connectivity index (χ3n) is 2.95. The fourth-order valence-corrected chi connectivity index (χ4v) is 3.58. The van der Waals surface area contributed by atoms with Gasteiger partial charge in [0.1, 0.15) is 0 Å². The second-order valence-corrected chi connectivity index (χ2v) is 6.10. The van der Waals surface area contributed by atoms with Crippen molar-refractivity contribution in [1.82, 2.24) is 4.31 Å². The first-order valence-electron chi connectivity index (χ1n) is 5.83. The molecule has 6 heteroatoms. The van der Waals surface area contributed by atoms with Crippen LogP contribution in [-0.4, -0.2) is 31.9 Å². The van der Waals surface area contributed by atoms with Crippen LogP contribution in [0.2, 0.25) is 0 Å². The van der Waals surface area contributed by atoms with Gasteiger partial charge in [0.05, 0.1) is 10.6 Å². The van der Waals surface area contributed by atoms with Crippen molar-refractivity contribution in [3.05, 3.63) is 24.3 Å². The number of sulfonamides is 1. The third kappa shape index (κ3) is 2.67. The number of carbonyl (C=O) groups excluding carboxylic acids is 1. The molecule has 0 saturated carbocycles. The van der Waals surface area contributed by atoms with Crippen LogP contribution < -0.4 is 0 Å². The monoisotopic (exact) mass is 266 g/mol. The normalized spacial score (nSPS) is 17.1. The van der Waals surface area contributed by atoms with Gasteiger partial charge in [-0.3, -0.25) is 0 Å². The minimum Gasteiger partial charge on any atom is -0.211 e. The SMILES string of the molecule is O=C=Nc1cccc(S(=O)(=O)N2CCCCC2)c1. The van der Waals surface area contributed by atoms with E-state index in [1.165, 1.54) is 22.5 Å². The summed E-state index contributed by atoms with van der Waals surface area (Å²) < 4.78 is 26.1. The first-order valence-corrected chi connectivity index (χ1v) is 7.27. The fraction of sp³-hybridized carbons (Fsp3) is 0.417. The zero-order valence-electron chi connectivity index (χ0n) is 9.87. The van der Waals surface area contributed by atoms with E-state index in [0.717, 1.165) is 19.3 Å². The minimum absolute atomic E-state index is 0.181. The Kier molecular flexibility index (Phi) is 3.91. The van der Waals surface area contributed by atoms with E-state index in [1.54, 1.807) is 12.1 Å². The van der Waals surface area contributed by atoms with Crippen LogP contribution in [0.1, 0.15) is 19.3 Å². The molecule has 0 radical (unpaired) electrons. The first kappa shape index (κ1) is 13.0. The number of piperidine rings is 1. The Morgan fingerprint density at radius 3 is 2.56 bits per heavy atom. The highest BCUT2D eigenvalue weighted by Gasteiger charge is 2.25. The van der Waals surface area contributed by atoms with Crippen LogP contribution in [0.25, 0.3) is 0 Å². The molecule has 1 aromatic rings. The Morgan fingerprint density at radius 2 is 1.89 bits per heavy atom. The van der Waals surface area contributed by atoms with Gasteiger partial charge in [0.2, 0.25) is 16.1 Å². The molecule has 1 aromatic carbocycles. The van der Waals surface area contributed by atoms with Crippen molar-refractivity contribution < 1.29 is 13.2 Å². The van der Waals surface area contributed by atoms with Crippen molar-refractivity contribution in [2.45, 2.75) is 24.2 Å². The van der Waals surface area contributed by atoms with Gasteiger partial charge >= 0.3 is 0 Å². The van der Waals surface area contributed by atoms with E-state index in [2.05, 4.69) is 4.99 Å². The molecule has 0 amide bonds. The van der Waals surface area contributed by atoms with Crippen molar-refractivity contribution in [3.8, 4) is 0 Å². The Morgan fingerprint density at radius 1 is 1.17 bits per heavy atom. The van der Waals surface area contributed by atoms with Gasteiger partial charge < -0.3 is 0 Å². The molecule has 0 atom stereocenters. The molecule has 0 aliphatic carbocycles. The highest BCUT2D eigenvalue weighted by Crippen LogP contribution is 2.23. The van der Waals surface area contributed by atoms with Gasteiger partial charge in [0, 0.05) is 13.1 Å². The number of hydrogen-bond acceptors (Lipinski definition) is 4. The molecule has 0 bridgehead atoms. The van der Waals surface area contributed by atoms with E-state index in [1.807, 2.05) is 0 Å². The predicted molar refractivity (Wildman–Crippen MR) is 66.8 cm³/mol. The number of nitrogens with zero attached hydrogens (tertiary/aromatic N) is 2. The highest BCUT2D eigenvalue weighted by atomic mass is 32.2. The van der Waals surface area contributed by atoms with E-state index in [9.17, 15) is 13.2 Å². The molecule has 1 heterocycles. The van der Waals surface area contributed by atoms with Crippen LogP contribution in [0.15, 0.2) is 34.2 Å². The second kappa shape index (κ2) is 5.44. The zero-order valence-corrected chi connectivity index (χ0v) is 10.7. The maximum Gasteiger partial charge on any atom is 0.243 e. The molecule has 1 aliphatic heterocycles.